The molecule has 148 valence electrons. The van der Waals surface area contributed by atoms with Crippen LogP contribution in [0.2, 0.25) is 0 Å². The molecule has 0 bridgehead atoms. The highest BCUT2D eigenvalue weighted by Crippen LogP contribution is 2.27. The van der Waals surface area contributed by atoms with E-state index in [1.807, 2.05) is 30.3 Å². The fourth-order valence-electron chi connectivity index (χ4n) is 2.28. The van der Waals surface area contributed by atoms with Gasteiger partial charge in [-0.25, -0.2) is 0 Å². The van der Waals surface area contributed by atoms with Gasteiger partial charge in [0.2, 0.25) is 0 Å². The second-order valence-electron chi connectivity index (χ2n) is 5.68. The van der Waals surface area contributed by atoms with Crippen molar-refractivity contribution < 1.29 is 28.6 Å². The van der Waals surface area contributed by atoms with Gasteiger partial charge < -0.3 is 24.8 Å². The van der Waals surface area contributed by atoms with E-state index < -0.39 is 24.4 Å². The summed E-state index contributed by atoms with van der Waals surface area (Å²) in [5.74, 6) is -0.744. The first-order chi connectivity index (χ1) is 13.5. The Morgan fingerprint density at radius 1 is 0.893 bits per heavy atom. The molecule has 0 spiro atoms. The van der Waals surface area contributed by atoms with Crippen molar-refractivity contribution in [1.29, 1.82) is 0 Å². The van der Waals surface area contributed by atoms with Gasteiger partial charge in [0.1, 0.15) is 6.54 Å². The fourth-order valence-corrected chi connectivity index (χ4v) is 2.28. The third-order valence-electron chi connectivity index (χ3n) is 3.74. The number of methoxy groups -OCH3 is 2. The summed E-state index contributed by atoms with van der Waals surface area (Å²) in [6.45, 7) is -0.440. The zero-order valence-electron chi connectivity index (χ0n) is 15.7. The molecule has 0 atom stereocenters. The standard InChI is InChI=1S/C20H22N2O6/c1-26-16-9-8-15(10-17(16)27-2)20(25)22-12-19(24)28-13-18(23)21-11-14-6-4-3-5-7-14/h3-10H,11-13H2,1-2H3,(H,21,23)(H,22,25). The van der Waals surface area contributed by atoms with Gasteiger partial charge in [-0.2, -0.15) is 0 Å². The van der Waals surface area contributed by atoms with Crippen LogP contribution in [0.25, 0.3) is 0 Å². The maximum Gasteiger partial charge on any atom is 0.325 e. The molecule has 0 heterocycles. The van der Waals surface area contributed by atoms with Crippen molar-refractivity contribution in [1.82, 2.24) is 10.6 Å². The van der Waals surface area contributed by atoms with Crippen LogP contribution in [0.15, 0.2) is 48.5 Å². The summed E-state index contributed by atoms with van der Waals surface area (Å²) in [6.07, 6.45) is 0. The molecular formula is C20H22N2O6. The fraction of sp³-hybridized carbons (Fsp3) is 0.250. The number of carbonyl (C=O) groups is 3. The van der Waals surface area contributed by atoms with E-state index in [1.54, 1.807) is 12.1 Å². The number of hydrogen-bond donors (Lipinski definition) is 2. The molecular weight excluding hydrogens is 364 g/mol. The zero-order valence-corrected chi connectivity index (χ0v) is 15.7. The first kappa shape index (κ1) is 20.8. The Balaban J connectivity index is 1.73. The summed E-state index contributed by atoms with van der Waals surface area (Å²) >= 11 is 0. The van der Waals surface area contributed by atoms with Gasteiger partial charge in [-0.3, -0.25) is 14.4 Å². The van der Waals surface area contributed by atoms with Gasteiger partial charge in [0.05, 0.1) is 14.2 Å². The van der Waals surface area contributed by atoms with Crippen molar-refractivity contribution in [3.63, 3.8) is 0 Å². The predicted molar refractivity (Wildman–Crippen MR) is 101 cm³/mol. The Bertz CT molecular complexity index is 823. The molecule has 0 saturated carbocycles. The van der Waals surface area contributed by atoms with E-state index >= 15 is 0 Å². The van der Waals surface area contributed by atoms with Gasteiger partial charge in [0.15, 0.2) is 18.1 Å². The minimum absolute atomic E-state index is 0.297. The molecule has 2 aromatic carbocycles. The van der Waals surface area contributed by atoms with Gasteiger partial charge in [-0.15, -0.1) is 0 Å². The number of amides is 2. The van der Waals surface area contributed by atoms with Crippen LogP contribution >= 0.6 is 0 Å². The summed E-state index contributed by atoms with van der Waals surface area (Å²) in [5.41, 5.74) is 1.23. The molecule has 2 N–H and O–H groups in total. The molecule has 8 nitrogen and oxygen atoms in total. The molecule has 0 aromatic heterocycles. The van der Waals surface area contributed by atoms with Crippen LogP contribution in [0.1, 0.15) is 15.9 Å². The molecule has 0 unspecified atom stereocenters. The Kier molecular flexibility index (Phi) is 7.83. The second-order valence-corrected chi connectivity index (χ2v) is 5.68. The number of hydrogen-bond acceptors (Lipinski definition) is 6. The highest BCUT2D eigenvalue weighted by molar-refractivity contribution is 5.96. The molecule has 8 heteroatoms. The van der Waals surface area contributed by atoms with E-state index in [9.17, 15) is 14.4 Å². The molecule has 0 aliphatic heterocycles. The zero-order chi connectivity index (χ0) is 20.4. The number of nitrogens with one attached hydrogen (secondary N) is 2. The van der Waals surface area contributed by atoms with E-state index in [1.165, 1.54) is 20.3 Å². The maximum absolute atomic E-state index is 12.1. The van der Waals surface area contributed by atoms with E-state index in [-0.39, 0.29) is 6.54 Å². The number of rotatable bonds is 9. The minimum atomic E-state index is -0.719. The van der Waals surface area contributed by atoms with Crippen molar-refractivity contribution in [2.45, 2.75) is 6.54 Å². The molecule has 0 fully saturated rings. The number of carbonyl (C=O) groups excluding carboxylic acids is 3. The average Bonchev–Trinajstić information content (AvgIpc) is 2.74. The molecule has 0 saturated heterocycles. The first-order valence-electron chi connectivity index (χ1n) is 8.50. The van der Waals surface area contributed by atoms with Crippen LogP contribution in [-0.4, -0.2) is 45.2 Å². The molecule has 0 radical (unpaired) electrons. The molecule has 0 aliphatic rings. The Morgan fingerprint density at radius 3 is 2.29 bits per heavy atom. The third-order valence-corrected chi connectivity index (χ3v) is 3.74. The minimum Gasteiger partial charge on any atom is -0.493 e. The van der Waals surface area contributed by atoms with Gasteiger partial charge in [-0.1, -0.05) is 30.3 Å². The Morgan fingerprint density at radius 2 is 1.61 bits per heavy atom. The molecule has 28 heavy (non-hydrogen) atoms. The van der Waals surface area contributed by atoms with E-state index in [4.69, 9.17) is 14.2 Å². The van der Waals surface area contributed by atoms with Crippen LogP contribution in [0.5, 0.6) is 11.5 Å². The smallest absolute Gasteiger partial charge is 0.325 e. The van der Waals surface area contributed by atoms with Crippen LogP contribution in [0.3, 0.4) is 0 Å². The molecule has 2 amide bonds. The van der Waals surface area contributed by atoms with E-state index in [0.717, 1.165) is 5.56 Å². The van der Waals surface area contributed by atoms with Gasteiger partial charge in [0.25, 0.3) is 11.8 Å². The molecule has 2 rings (SSSR count). The second kappa shape index (κ2) is 10.6. The first-order valence-corrected chi connectivity index (χ1v) is 8.50. The van der Waals surface area contributed by atoms with Crippen molar-refractivity contribution in [2.75, 3.05) is 27.4 Å². The van der Waals surface area contributed by atoms with Crippen LogP contribution < -0.4 is 20.1 Å². The van der Waals surface area contributed by atoms with Gasteiger partial charge >= 0.3 is 5.97 Å². The Labute approximate surface area is 162 Å². The summed E-state index contributed by atoms with van der Waals surface area (Å²) < 4.78 is 15.1. The topological polar surface area (TPSA) is 103 Å². The van der Waals surface area contributed by atoms with Crippen LogP contribution in [0.4, 0.5) is 0 Å². The predicted octanol–water partition coefficient (Wildman–Crippen LogP) is 1.29. The summed E-state index contributed by atoms with van der Waals surface area (Å²) in [4.78, 5) is 35.5. The molecule has 0 aliphatic carbocycles. The largest absolute Gasteiger partial charge is 0.493 e. The summed E-state index contributed by atoms with van der Waals surface area (Å²) in [6, 6.07) is 14.0. The summed E-state index contributed by atoms with van der Waals surface area (Å²) in [7, 11) is 2.95. The van der Waals surface area contributed by atoms with Gasteiger partial charge in [-0.05, 0) is 23.8 Å². The van der Waals surface area contributed by atoms with Crippen LogP contribution in [-0.2, 0) is 20.9 Å². The number of benzene rings is 2. The Hall–Kier alpha value is -3.55. The lowest BCUT2D eigenvalue weighted by atomic mass is 10.2. The average molecular weight is 386 g/mol. The van der Waals surface area contributed by atoms with Gasteiger partial charge in [0, 0.05) is 12.1 Å². The van der Waals surface area contributed by atoms with E-state index in [2.05, 4.69) is 10.6 Å². The van der Waals surface area contributed by atoms with Crippen molar-refractivity contribution in [3.8, 4) is 11.5 Å². The monoisotopic (exact) mass is 386 g/mol. The van der Waals surface area contributed by atoms with Crippen molar-refractivity contribution >= 4 is 17.8 Å². The normalized spacial score (nSPS) is 9.93. The lowest BCUT2D eigenvalue weighted by Crippen LogP contribution is -2.33. The quantitative estimate of drug-likeness (QED) is 0.630. The SMILES string of the molecule is COc1ccc(C(=O)NCC(=O)OCC(=O)NCc2ccccc2)cc1OC. The third kappa shape index (κ3) is 6.31. The highest BCUT2D eigenvalue weighted by Gasteiger charge is 2.13. The number of ether oxygens (including phenoxy) is 3. The van der Waals surface area contributed by atoms with Crippen molar-refractivity contribution in [3.05, 3.63) is 59.7 Å². The molecule has 2 aromatic rings. The van der Waals surface area contributed by atoms with Crippen molar-refractivity contribution in [2.24, 2.45) is 0 Å². The lowest BCUT2D eigenvalue weighted by molar-refractivity contribution is -0.147. The number of esters is 1. The highest BCUT2D eigenvalue weighted by atomic mass is 16.5. The van der Waals surface area contributed by atoms with E-state index in [0.29, 0.717) is 23.6 Å². The lowest BCUT2D eigenvalue weighted by Gasteiger charge is -2.10. The maximum atomic E-state index is 12.1. The summed E-state index contributed by atoms with van der Waals surface area (Å²) in [5, 5.41) is 5.07. The van der Waals surface area contributed by atoms with Crippen LogP contribution in [0, 0.1) is 0 Å².